The average molecular weight is 480 g/mol. The average Bonchev–Trinajstić information content (AvgIpc) is 2.84. The summed E-state index contributed by atoms with van der Waals surface area (Å²) in [6.07, 6.45) is 0. The normalized spacial score (nSPS) is 11.1. The molecule has 1 amide bonds. The van der Waals surface area contributed by atoms with Gasteiger partial charge >= 0.3 is 5.63 Å². The van der Waals surface area contributed by atoms with Gasteiger partial charge in [-0.1, -0.05) is 24.3 Å². The molecular weight excluding hydrogens is 460 g/mol. The Labute approximate surface area is 195 Å². The number of amides is 1. The zero-order valence-corrected chi connectivity index (χ0v) is 19.0. The summed E-state index contributed by atoms with van der Waals surface area (Å²) < 4.78 is 43.6. The fourth-order valence-electron chi connectivity index (χ4n) is 3.27. The van der Waals surface area contributed by atoms with Crippen LogP contribution in [0, 0.1) is 0 Å². The van der Waals surface area contributed by atoms with Crippen molar-refractivity contribution in [2.24, 2.45) is 0 Å². The molecule has 0 atom stereocenters. The van der Waals surface area contributed by atoms with E-state index in [2.05, 4.69) is 10.0 Å². The van der Waals surface area contributed by atoms with Gasteiger partial charge in [0, 0.05) is 5.39 Å². The van der Waals surface area contributed by atoms with Crippen LogP contribution in [0.3, 0.4) is 0 Å². The van der Waals surface area contributed by atoms with Gasteiger partial charge in [-0.3, -0.25) is 9.52 Å². The highest BCUT2D eigenvalue weighted by Gasteiger charge is 2.19. The molecule has 4 rings (SSSR count). The quantitative estimate of drug-likeness (QED) is 0.385. The first-order valence-electron chi connectivity index (χ1n) is 10.0. The second-order valence-corrected chi connectivity index (χ2v) is 8.79. The minimum atomic E-state index is -3.96. The lowest BCUT2D eigenvalue weighted by molar-refractivity contribution is 0.102. The number of methoxy groups -OCH3 is 2. The fourth-order valence-corrected chi connectivity index (χ4v) is 4.35. The van der Waals surface area contributed by atoms with Crippen LogP contribution in [0.2, 0.25) is 0 Å². The van der Waals surface area contributed by atoms with E-state index in [1.165, 1.54) is 56.7 Å². The third-order valence-electron chi connectivity index (χ3n) is 4.98. The number of carbonyl (C=O) groups excluding carboxylic acids is 1. The van der Waals surface area contributed by atoms with Crippen LogP contribution >= 0.6 is 0 Å². The molecule has 34 heavy (non-hydrogen) atoms. The summed E-state index contributed by atoms with van der Waals surface area (Å²) in [6.45, 7) is 0. The minimum absolute atomic E-state index is 0.0125. The van der Waals surface area contributed by atoms with E-state index in [-0.39, 0.29) is 27.4 Å². The Hall–Kier alpha value is -4.31. The number of anilines is 2. The van der Waals surface area contributed by atoms with Gasteiger partial charge in [-0.15, -0.1) is 0 Å². The molecule has 0 aliphatic rings. The Bertz CT molecular complexity index is 1530. The molecule has 0 saturated carbocycles. The summed E-state index contributed by atoms with van der Waals surface area (Å²) in [6, 6.07) is 18.5. The summed E-state index contributed by atoms with van der Waals surface area (Å²) in [5.41, 5.74) is -0.591. The summed E-state index contributed by atoms with van der Waals surface area (Å²) in [5.74, 6) is 0.118. The molecule has 0 radical (unpaired) electrons. The Morgan fingerprint density at radius 2 is 1.59 bits per heavy atom. The minimum Gasteiger partial charge on any atom is -0.497 e. The van der Waals surface area contributed by atoms with E-state index < -0.39 is 21.6 Å². The Morgan fingerprint density at radius 1 is 0.882 bits per heavy atom. The molecule has 9 nitrogen and oxygen atoms in total. The zero-order chi connectivity index (χ0) is 24.3. The highest BCUT2D eigenvalue weighted by molar-refractivity contribution is 7.92. The van der Waals surface area contributed by atoms with E-state index in [0.29, 0.717) is 16.9 Å². The second-order valence-electron chi connectivity index (χ2n) is 7.11. The predicted octanol–water partition coefficient (Wildman–Crippen LogP) is 3.86. The highest BCUT2D eigenvalue weighted by atomic mass is 32.2. The van der Waals surface area contributed by atoms with Crippen molar-refractivity contribution >= 4 is 38.3 Å². The summed E-state index contributed by atoms with van der Waals surface area (Å²) >= 11 is 0. The SMILES string of the molecule is COc1ccc(S(=O)(=O)Nc2ccccc2NC(=O)c2cc3cccc(OC)c3oc2=O)cc1. The van der Waals surface area contributed by atoms with Crippen molar-refractivity contribution in [2.45, 2.75) is 4.90 Å². The summed E-state index contributed by atoms with van der Waals surface area (Å²) in [5, 5.41) is 3.07. The van der Waals surface area contributed by atoms with Gasteiger partial charge in [0.1, 0.15) is 11.3 Å². The van der Waals surface area contributed by atoms with Crippen LogP contribution in [0.25, 0.3) is 11.0 Å². The van der Waals surface area contributed by atoms with Crippen molar-refractivity contribution in [3.05, 3.63) is 88.8 Å². The van der Waals surface area contributed by atoms with E-state index in [4.69, 9.17) is 13.9 Å². The van der Waals surface area contributed by atoms with E-state index in [1.54, 1.807) is 30.3 Å². The lowest BCUT2D eigenvalue weighted by Crippen LogP contribution is -2.22. The van der Waals surface area contributed by atoms with Gasteiger partial charge in [-0.05, 0) is 48.5 Å². The Balaban J connectivity index is 1.63. The summed E-state index contributed by atoms with van der Waals surface area (Å²) in [4.78, 5) is 25.4. The van der Waals surface area contributed by atoms with E-state index in [9.17, 15) is 18.0 Å². The maximum absolute atomic E-state index is 12.9. The van der Waals surface area contributed by atoms with E-state index in [0.717, 1.165) is 0 Å². The molecule has 2 N–H and O–H groups in total. The summed E-state index contributed by atoms with van der Waals surface area (Å²) in [7, 11) is -1.03. The third-order valence-corrected chi connectivity index (χ3v) is 6.36. The van der Waals surface area contributed by atoms with Gasteiger partial charge in [0.05, 0.1) is 30.5 Å². The first-order chi connectivity index (χ1) is 16.3. The van der Waals surface area contributed by atoms with Crippen molar-refractivity contribution in [2.75, 3.05) is 24.3 Å². The van der Waals surface area contributed by atoms with Gasteiger partial charge in [0.15, 0.2) is 11.3 Å². The predicted molar refractivity (Wildman–Crippen MR) is 127 cm³/mol. The van der Waals surface area contributed by atoms with Crippen LogP contribution in [0.1, 0.15) is 10.4 Å². The van der Waals surface area contributed by atoms with Crippen LogP contribution in [0.5, 0.6) is 11.5 Å². The van der Waals surface area contributed by atoms with Crippen molar-refractivity contribution in [1.29, 1.82) is 0 Å². The lowest BCUT2D eigenvalue weighted by Gasteiger charge is -2.14. The smallest absolute Gasteiger partial charge is 0.349 e. The number of nitrogens with one attached hydrogen (secondary N) is 2. The van der Waals surface area contributed by atoms with E-state index in [1.807, 2.05) is 0 Å². The molecule has 1 heterocycles. The van der Waals surface area contributed by atoms with Crippen LogP contribution in [-0.4, -0.2) is 28.5 Å². The molecule has 0 unspecified atom stereocenters. The topological polar surface area (TPSA) is 124 Å². The molecule has 0 aliphatic carbocycles. The van der Waals surface area contributed by atoms with Gasteiger partial charge in [-0.2, -0.15) is 0 Å². The number of fused-ring (bicyclic) bond motifs is 1. The molecule has 0 spiro atoms. The second kappa shape index (κ2) is 9.28. The number of sulfonamides is 1. The monoisotopic (exact) mass is 480 g/mol. The number of ether oxygens (including phenoxy) is 2. The molecule has 4 aromatic rings. The van der Waals surface area contributed by atoms with E-state index >= 15 is 0 Å². The number of carbonyl (C=O) groups is 1. The zero-order valence-electron chi connectivity index (χ0n) is 18.2. The Kier molecular flexibility index (Phi) is 6.24. The van der Waals surface area contributed by atoms with Crippen molar-refractivity contribution in [3.63, 3.8) is 0 Å². The molecule has 0 saturated heterocycles. The molecule has 1 aromatic heterocycles. The Morgan fingerprint density at radius 3 is 2.26 bits per heavy atom. The van der Waals surface area contributed by atoms with Gasteiger partial charge in [0.2, 0.25) is 0 Å². The molecule has 0 bridgehead atoms. The van der Waals surface area contributed by atoms with Crippen LogP contribution in [0.15, 0.2) is 86.9 Å². The first-order valence-corrected chi connectivity index (χ1v) is 11.5. The standard InChI is InChI=1S/C24H20N2O7S/c1-31-16-10-12-17(13-11-16)34(29,30)26-20-8-4-3-7-19(20)25-23(27)18-14-15-6-5-9-21(32-2)22(15)33-24(18)28/h3-14,26H,1-2H3,(H,25,27). The van der Waals surface area contributed by atoms with Gasteiger partial charge in [-0.25, -0.2) is 13.2 Å². The largest absolute Gasteiger partial charge is 0.497 e. The highest BCUT2D eigenvalue weighted by Crippen LogP contribution is 2.27. The van der Waals surface area contributed by atoms with Crippen molar-refractivity contribution in [1.82, 2.24) is 0 Å². The van der Waals surface area contributed by atoms with Crippen molar-refractivity contribution < 1.29 is 27.1 Å². The molecule has 3 aromatic carbocycles. The first kappa shape index (κ1) is 22.9. The number of hydrogen-bond donors (Lipinski definition) is 2. The number of para-hydroxylation sites is 3. The van der Waals surface area contributed by atoms with Crippen LogP contribution < -0.4 is 25.1 Å². The van der Waals surface area contributed by atoms with Gasteiger partial charge < -0.3 is 19.2 Å². The van der Waals surface area contributed by atoms with Gasteiger partial charge in [0.25, 0.3) is 15.9 Å². The molecule has 10 heteroatoms. The third kappa shape index (κ3) is 4.57. The van der Waals surface area contributed by atoms with Crippen LogP contribution in [0.4, 0.5) is 11.4 Å². The lowest BCUT2D eigenvalue weighted by atomic mass is 10.1. The number of hydrogen-bond acceptors (Lipinski definition) is 7. The maximum Gasteiger partial charge on any atom is 0.349 e. The molecule has 174 valence electrons. The van der Waals surface area contributed by atoms with Crippen LogP contribution in [-0.2, 0) is 10.0 Å². The molecule has 0 fully saturated rings. The number of benzene rings is 3. The number of rotatable bonds is 7. The van der Waals surface area contributed by atoms with Crippen molar-refractivity contribution in [3.8, 4) is 11.5 Å². The maximum atomic E-state index is 12.9. The molecular formula is C24H20N2O7S. The molecule has 0 aliphatic heterocycles. The fraction of sp³-hybridized carbons (Fsp3) is 0.0833.